The van der Waals surface area contributed by atoms with Crippen molar-refractivity contribution in [1.82, 2.24) is 10.3 Å². The molecule has 0 saturated heterocycles. The highest BCUT2D eigenvalue weighted by Crippen LogP contribution is 2.36. The van der Waals surface area contributed by atoms with Gasteiger partial charge in [0.1, 0.15) is 0 Å². The number of unbranched alkanes of at least 4 members (excludes halogenated alkanes) is 1. The van der Waals surface area contributed by atoms with Crippen LogP contribution in [0.4, 0.5) is 18.3 Å². The zero-order chi connectivity index (χ0) is 23.9. The molecule has 32 heavy (non-hydrogen) atoms. The van der Waals surface area contributed by atoms with E-state index in [1.54, 1.807) is 19.2 Å². The zero-order valence-electron chi connectivity index (χ0n) is 17.8. The second kappa shape index (κ2) is 10.6. The van der Waals surface area contributed by atoms with Crippen molar-refractivity contribution >= 4 is 44.5 Å². The molecule has 0 saturated carbocycles. The fraction of sp³-hybridized carbons (Fsp3) is 0.500. The van der Waals surface area contributed by atoms with Gasteiger partial charge in [-0.2, -0.15) is 13.2 Å². The molecule has 1 aromatic carbocycles. The van der Waals surface area contributed by atoms with E-state index in [4.69, 9.17) is 4.74 Å². The van der Waals surface area contributed by atoms with Gasteiger partial charge in [-0.05, 0) is 38.5 Å². The van der Waals surface area contributed by atoms with Crippen LogP contribution < -0.4 is 10.6 Å². The third-order valence-electron chi connectivity index (χ3n) is 4.29. The van der Waals surface area contributed by atoms with Gasteiger partial charge < -0.3 is 20.1 Å². The Morgan fingerprint density at radius 1 is 1.09 bits per heavy atom. The van der Waals surface area contributed by atoms with Crippen LogP contribution in [-0.2, 0) is 19.1 Å². The first kappa shape index (κ1) is 25.4. The molecule has 1 aromatic heterocycles. The molecule has 8 nitrogen and oxygen atoms in total. The quantitative estimate of drug-likeness (QED) is 0.395. The predicted molar refractivity (Wildman–Crippen MR) is 112 cm³/mol. The summed E-state index contributed by atoms with van der Waals surface area (Å²) in [6, 6.07) is 4.30. The van der Waals surface area contributed by atoms with Crippen LogP contribution in [0.1, 0.15) is 50.4 Å². The first-order chi connectivity index (χ1) is 15.1. The number of rotatable bonds is 10. The average Bonchev–Trinajstić information content (AvgIpc) is 3.12. The van der Waals surface area contributed by atoms with E-state index in [0.717, 1.165) is 11.3 Å². The summed E-state index contributed by atoms with van der Waals surface area (Å²) in [5.41, 5.74) is -3.02. The lowest BCUT2D eigenvalue weighted by Crippen LogP contribution is -2.69. The maximum absolute atomic E-state index is 14.2. The maximum atomic E-state index is 14.2. The normalized spacial score (nSPS) is 13.3. The van der Waals surface area contributed by atoms with Crippen LogP contribution in [0, 0.1) is 0 Å². The number of thiazole rings is 1. The Morgan fingerprint density at radius 3 is 2.38 bits per heavy atom. The summed E-state index contributed by atoms with van der Waals surface area (Å²) < 4.78 is 52.4. The van der Waals surface area contributed by atoms with Crippen molar-refractivity contribution in [3.05, 3.63) is 23.8 Å². The van der Waals surface area contributed by atoms with E-state index in [1.807, 2.05) is 5.32 Å². The molecular formula is C20H24F3N3O5S. The standard InChI is InChI=1S/C20H24F3N3O5S/c1-4-7-8-15(27)25-19(20(21,22)23,17(29)31-6-3)26-18-24-13-10-9-12(11-14(13)32-18)16(28)30-5-2/h9-11H,4-8H2,1-3H3,(H,24,26)(H,25,27). The summed E-state index contributed by atoms with van der Waals surface area (Å²) in [7, 11) is 0. The van der Waals surface area contributed by atoms with Crippen molar-refractivity contribution in [2.45, 2.75) is 51.9 Å². The van der Waals surface area contributed by atoms with Crippen molar-refractivity contribution in [2.75, 3.05) is 18.5 Å². The molecule has 2 rings (SSSR count). The van der Waals surface area contributed by atoms with E-state index in [9.17, 15) is 27.6 Å². The molecule has 176 valence electrons. The minimum absolute atomic E-state index is 0.164. The number of carbonyl (C=O) groups excluding carboxylic acids is 3. The third kappa shape index (κ3) is 5.67. The fourth-order valence-corrected chi connectivity index (χ4v) is 3.68. The molecule has 1 atom stereocenters. The highest BCUT2D eigenvalue weighted by molar-refractivity contribution is 7.22. The molecule has 1 heterocycles. The van der Waals surface area contributed by atoms with Crippen LogP contribution in [-0.4, -0.2) is 47.9 Å². The molecular weight excluding hydrogens is 451 g/mol. The molecule has 1 amide bonds. The van der Waals surface area contributed by atoms with E-state index in [0.29, 0.717) is 23.1 Å². The second-order valence-corrected chi connectivity index (χ2v) is 7.70. The summed E-state index contributed by atoms with van der Waals surface area (Å²) in [5, 5.41) is 3.53. The largest absolute Gasteiger partial charge is 0.463 e. The number of hydrogen-bond acceptors (Lipinski definition) is 8. The van der Waals surface area contributed by atoms with E-state index in [-0.39, 0.29) is 30.3 Å². The minimum atomic E-state index is -5.24. The molecule has 0 spiro atoms. The Hall–Kier alpha value is -2.89. The van der Waals surface area contributed by atoms with Gasteiger partial charge in [0, 0.05) is 6.42 Å². The van der Waals surface area contributed by atoms with Crippen molar-refractivity contribution < 1.29 is 37.0 Å². The van der Waals surface area contributed by atoms with Crippen molar-refractivity contribution in [3.63, 3.8) is 0 Å². The molecule has 0 aliphatic heterocycles. The number of nitrogens with one attached hydrogen (secondary N) is 2. The third-order valence-corrected chi connectivity index (χ3v) is 5.22. The van der Waals surface area contributed by atoms with Gasteiger partial charge in [-0.3, -0.25) is 4.79 Å². The number of fused-ring (bicyclic) bond motifs is 1. The number of esters is 2. The zero-order valence-corrected chi connectivity index (χ0v) is 18.6. The number of hydrogen-bond donors (Lipinski definition) is 2. The molecule has 2 aromatic rings. The van der Waals surface area contributed by atoms with Crippen molar-refractivity contribution in [3.8, 4) is 0 Å². The lowest BCUT2D eigenvalue weighted by molar-refractivity contribution is -0.207. The summed E-state index contributed by atoms with van der Waals surface area (Å²) >= 11 is 0.781. The van der Waals surface area contributed by atoms with Crippen LogP contribution in [0.25, 0.3) is 10.2 Å². The van der Waals surface area contributed by atoms with Crippen LogP contribution in [0.15, 0.2) is 18.2 Å². The minimum Gasteiger partial charge on any atom is -0.463 e. The lowest BCUT2D eigenvalue weighted by atomic mass is 10.1. The number of amides is 1. The van der Waals surface area contributed by atoms with Crippen molar-refractivity contribution in [1.29, 1.82) is 0 Å². The topological polar surface area (TPSA) is 107 Å². The van der Waals surface area contributed by atoms with E-state index >= 15 is 0 Å². The highest BCUT2D eigenvalue weighted by Gasteiger charge is 2.64. The van der Waals surface area contributed by atoms with Gasteiger partial charge in [0.25, 0.3) is 0 Å². The SMILES string of the molecule is CCCCC(=O)NC(Nc1nc2ccc(C(=O)OCC)cc2s1)(C(=O)OCC)C(F)(F)F. The van der Waals surface area contributed by atoms with E-state index < -0.39 is 29.7 Å². The number of anilines is 1. The number of nitrogens with zero attached hydrogens (tertiary/aromatic N) is 1. The van der Waals surface area contributed by atoms with Crippen LogP contribution in [0.5, 0.6) is 0 Å². The van der Waals surface area contributed by atoms with Gasteiger partial charge in [0.05, 0.1) is 29.0 Å². The molecule has 0 aliphatic rings. The highest BCUT2D eigenvalue weighted by atomic mass is 32.1. The number of alkyl halides is 3. The van der Waals surface area contributed by atoms with Gasteiger partial charge >= 0.3 is 23.8 Å². The van der Waals surface area contributed by atoms with Gasteiger partial charge in [-0.1, -0.05) is 24.7 Å². The molecule has 1 unspecified atom stereocenters. The molecule has 2 N–H and O–H groups in total. The Kier molecular flexibility index (Phi) is 8.42. The van der Waals surface area contributed by atoms with Gasteiger partial charge in [-0.15, -0.1) is 0 Å². The maximum Gasteiger partial charge on any atom is 0.442 e. The number of halogens is 3. The Balaban J connectivity index is 2.47. The second-order valence-electron chi connectivity index (χ2n) is 6.67. The van der Waals surface area contributed by atoms with E-state index in [2.05, 4.69) is 9.72 Å². The van der Waals surface area contributed by atoms with Crippen molar-refractivity contribution in [2.24, 2.45) is 0 Å². The summed E-state index contributed by atoms with van der Waals surface area (Å²) in [6.45, 7) is 4.61. The van der Waals surface area contributed by atoms with Crippen LogP contribution >= 0.6 is 11.3 Å². The first-order valence-electron chi connectivity index (χ1n) is 9.98. The summed E-state index contributed by atoms with van der Waals surface area (Å²) in [5.74, 6) is -3.25. The number of carbonyl (C=O) groups is 3. The molecule has 0 aliphatic carbocycles. The molecule has 0 bridgehead atoms. The first-order valence-corrected chi connectivity index (χ1v) is 10.8. The summed E-state index contributed by atoms with van der Waals surface area (Å²) in [6.07, 6.45) is -4.51. The average molecular weight is 475 g/mol. The predicted octanol–water partition coefficient (Wildman–Crippen LogP) is 4.01. The van der Waals surface area contributed by atoms with Crippen LogP contribution in [0.2, 0.25) is 0 Å². The number of benzene rings is 1. The van der Waals surface area contributed by atoms with Gasteiger partial charge in [-0.25, -0.2) is 14.6 Å². The Morgan fingerprint density at radius 2 is 1.78 bits per heavy atom. The Labute approximate surface area is 186 Å². The monoisotopic (exact) mass is 475 g/mol. The summed E-state index contributed by atoms with van der Waals surface area (Å²) in [4.78, 5) is 40.6. The van der Waals surface area contributed by atoms with Gasteiger partial charge in [0.15, 0.2) is 5.13 Å². The van der Waals surface area contributed by atoms with Gasteiger partial charge in [0.2, 0.25) is 5.91 Å². The lowest BCUT2D eigenvalue weighted by Gasteiger charge is -2.34. The molecule has 0 fully saturated rings. The fourth-order valence-electron chi connectivity index (χ4n) is 2.72. The number of aromatic nitrogens is 1. The smallest absolute Gasteiger partial charge is 0.442 e. The molecule has 12 heteroatoms. The van der Waals surface area contributed by atoms with Crippen LogP contribution in [0.3, 0.4) is 0 Å². The molecule has 0 radical (unpaired) electrons. The number of ether oxygens (including phenoxy) is 2. The van der Waals surface area contributed by atoms with E-state index in [1.165, 1.54) is 25.1 Å². The Bertz CT molecular complexity index is 979.